The SMILES string of the molecule is N#Cc1ccc(OC2CCC(O)CC2)c(F)c1. The van der Waals surface area contributed by atoms with Crippen LogP contribution >= 0.6 is 0 Å². The van der Waals surface area contributed by atoms with Gasteiger partial charge in [-0.2, -0.15) is 5.26 Å². The summed E-state index contributed by atoms with van der Waals surface area (Å²) in [5.41, 5.74) is 0.286. The number of nitrogens with zero attached hydrogens (tertiary/aromatic N) is 1. The second-order valence-corrected chi connectivity index (χ2v) is 4.31. The maximum absolute atomic E-state index is 13.5. The molecule has 4 heteroatoms. The molecule has 0 atom stereocenters. The molecule has 2 rings (SSSR count). The highest BCUT2D eigenvalue weighted by Gasteiger charge is 2.21. The predicted octanol–water partition coefficient (Wildman–Crippen LogP) is 2.38. The molecule has 1 N–H and O–H groups in total. The lowest BCUT2D eigenvalue weighted by atomic mass is 9.95. The normalized spacial score (nSPS) is 24.1. The molecule has 1 aromatic carbocycles. The fourth-order valence-electron chi connectivity index (χ4n) is 2.01. The van der Waals surface area contributed by atoms with E-state index < -0.39 is 5.82 Å². The molecule has 0 radical (unpaired) electrons. The zero-order valence-corrected chi connectivity index (χ0v) is 9.40. The Morgan fingerprint density at radius 2 is 2.00 bits per heavy atom. The molecule has 1 aromatic rings. The van der Waals surface area contributed by atoms with Gasteiger partial charge in [-0.25, -0.2) is 4.39 Å². The van der Waals surface area contributed by atoms with Crippen LogP contribution in [0.3, 0.4) is 0 Å². The minimum atomic E-state index is -0.504. The van der Waals surface area contributed by atoms with Gasteiger partial charge >= 0.3 is 0 Å². The molecule has 0 saturated heterocycles. The molecule has 1 aliphatic rings. The fraction of sp³-hybridized carbons (Fsp3) is 0.462. The number of nitriles is 1. The molecule has 3 nitrogen and oxygen atoms in total. The number of aliphatic hydroxyl groups excluding tert-OH is 1. The van der Waals surface area contributed by atoms with Crippen molar-refractivity contribution < 1.29 is 14.2 Å². The van der Waals surface area contributed by atoms with E-state index in [0.717, 1.165) is 12.8 Å². The van der Waals surface area contributed by atoms with Crippen molar-refractivity contribution in [1.82, 2.24) is 0 Å². The first kappa shape index (κ1) is 11.9. The Kier molecular flexibility index (Phi) is 3.60. The number of ether oxygens (including phenoxy) is 1. The maximum atomic E-state index is 13.5. The number of halogens is 1. The third kappa shape index (κ3) is 2.95. The van der Waals surface area contributed by atoms with Crippen molar-refractivity contribution in [2.75, 3.05) is 0 Å². The van der Waals surface area contributed by atoms with Crippen LogP contribution < -0.4 is 4.74 Å². The van der Waals surface area contributed by atoms with Gasteiger partial charge in [0.25, 0.3) is 0 Å². The van der Waals surface area contributed by atoms with Gasteiger partial charge in [-0.1, -0.05) is 0 Å². The summed E-state index contributed by atoms with van der Waals surface area (Å²) in [6.45, 7) is 0. The first-order valence-corrected chi connectivity index (χ1v) is 5.73. The molecule has 17 heavy (non-hydrogen) atoms. The Balaban J connectivity index is 2.02. The lowest BCUT2D eigenvalue weighted by Gasteiger charge is -2.26. The fourth-order valence-corrected chi connectivity index (χ4v) is 2.01. The minimum absolute atomic E-state index is 0.0409. The van der Waals surface area contributed by atoms with Crippen molar-refractivity contribution >= 4 is 0 Å². The summed E-state index contributed by atoms with van der Waals surface area (Å²) in [4.78, 5) is 0. The van der Waals surface area contributed by atoms with Crippen LogP contribution in [-0.4, -0.2) is 17.3 Å². The molecule has 0 amide bonds. The van der Waals surface area contributed by atoms with Crippen LogP contribution in [0.4, 0.5) is 4.39 Å². The van der Waals surface area contributed by atoms with Crippen LogP contribution in [0.1, 0.15) is 31.2 Å². The number of rotatable bonds is 2. The number of hydrogen-bond donors (Lipinski definition) is 1. The number of hydrogen-bond acceptors (Lipinski definition) is 3. The Labute approximate surface area is 99.4 Å². The van der Waals surface area contributed by atoms with E-state index in [1.54, 1.807) is 0 Å². The summed E-state index contributed by atoms with van der Waals surface area (Å²) in [6.07, 6.45) is 2.58. The van der Waals surface area contributed by atoms with Gasteiger partial charge < -0.3 is 9.84 Å². The monoisotopic (exact) mass is 235 g/mol. The van der Waals surface area contributed by atoms with Gasteiger partial charge in [0.15, 0.2) is 11.6 Å². The Morgan fingerprint density at radius 1 is 1.29 bits per heavy atom. The average molecular weight is 235 g/mol. The lowest BCUT2D eigenvalue weighted by Crippen LogP contribution is -2.26. The van der Waals surface area contributed by atoms with Crippen LogP contribution in [-0.2, 0) is 0 Å². The molecule has 1 fully saturated rings. The van der Waals surface area contributed by atoms with Crippen LogP contribution in [0, 0.1) is 17.1 Å². The third-order valence-electron chi connectivity index (χ3n) is 3.00. The van der Waals surface area contributed by atoms with Crippen molar-refractivity contribution in [3.05, 3.63) is 29.6 Å². The molecule has 0 bridgehead atoms. The quantitative estimate of drug-likeness (QED) is 0.856. The van der Waals surface area contributed by atoms with Crippen LogP contribution in [0.2, 0.25) is 0 Å². The van der Waals surface area contributed by atoms with E-state index in [0.29, 0.717) is 12.8 Å². The molecule has 0 heterocycles. The summed E-state index contributed by atoms with van der Waals surface area (Å²) in [5, 5.41) is 18.0. The molecule has 0 aliphatic heterocycles. The first-order chi connectivity index (χ1) is 8.19. The maximum Gasteiger partial charge on any atom is 0.166 e. The first-order valence-electron chi connectivity index (χ1n) is 5.73. The summed E-state index contributed by atoms with van der Waals surface area (Å²) >= 11 is 0. The second-order valence-electron chi connectivity index (χ2n) is 4.31. The molecule has 1 saturated carbocycles. The molecule has 0 aromatic heterocycles. The van der Waals surface area contributed by atoms with Gasteiger partial charge in [0, 0.05) is 0 Å². The Hall–Kier alpha value is -1.60. The van der Waals surface area contributed by atoms with Gasteiger partial charge in [-0.05, 0) is 43.9 Å². The van der Waals surface area contributed by atoms with Crippen molar-refractivity contribution in [2.24, 2.45) is 0 Å². The highest BCUT2D eigenvalue weighted by Crippen LogP contribution is 2.26. The summed E-state index contributed by atoms with van der Waals surface area (Å²) in [6, 6.07) is 6.07. The van der Waals surface area contributed by atoms with Gasteiger partial charge in [0.2, 0.25) is 0 Å². The van der Waals surface area contributed by atoms with E-state index in [-0.39, 0.29) is 23.5 Å². The Morgan fingerprint density at radius 3 is 2.59 bits per heavy atom. The van der Waals surface area contributed by atoms with E-state index in [2.05, 4.69) is 0 Å². The summed E-state index contributed by atoms with van der Waals surface area (Å²) in [7, 11) is 0. The van der Waals surface area contributed by atoms with E-state index in [4.69, 9.17) is 10.00 Å². The topological polar surface area (TPSA) is 53.2 Å². The molecular weight excluding hydrogens is 221 g/mol. The van der Waals surface area contributed by atoms with Crippen LogP contribution in [0.15, 0.2) is 18.2 Å². The largest absolute Gasteiger partial charge is 0.487 e. The highest BCUT2D eigenvalue weighted by molar-refractivity contribution is 5.36. The van der Waals surface area contributed by atoms with E-state index >= 15 is 0 Å². The van der Waals surface area contributed by atoms with E-state index in [1.807, 2.05) is 6.07 Å². The van der Waals surface area contributed by atoms with Gasteiger partial charge in [-0.3, -0.25) is 0 Å². The zero-order chi connectivity index (χ0) is 12.3. The summed E-state index contributed by atoms with van der Waals surface area (Å²) in [5.74, 6) is -0.319. The second kappa shape index (κ2) is 5.15. The van der Waals surface area contributed by atoms with Gasteiger partial charge in [0.05, 0.1) is 23.8 Å². The van der Waals surface area contributed by atoms with E-state index in [1.165, 1.54) is 18.2 Å². The molecule has 0 unspecified atom stereocenters. The molecule has 1 aliphatic carbocycles. The van der Waals surface area contributed by atoms with Gasteiger partial charge in [-0.15, -0.1) is 0 Å². The standard InChI is InChI=1S/C13H14FNO2/c14-12-7-9(8-15)1-6-13(12)17-11-4-2-10(16)3-5-11/h1,6-7,10-11,16H,2-5H2. The number of aliphatic hydroxyl groups is 1. The zero-order valence-electron chi connectivity index (χ0n) is 9.40. The van der Waals surface area contributed by atoms with Crippen molar-refractivity contribution in [3.63, 3.8) is 0 Å². The lowest BCUT2D eigenvalue weighted by molar-refractivity contribution is 0.0647. The average Bonchev–Trinajstić information content (AvgIpc) is 2.34. The van der Waals surface area contributed by atoms with Crippen molar-refractivity contribution in [1.29, 1.82) is 5.26 Å². The van der Waals surface area contributed by atoms with Crippen LogP contribution in [0.5, 0.6) is 5.75 Å². The minimum Gasteiger partial charge on any atom is -0.487 e. The van der Waals surface area contributed by atoms with Crippen molar-refractivity contribution in [2.45, 2.75) is 37.9 Å². The molecular formula is C13H14FNO2. The smallest absolute Gasteiger partial charge is 0.166 e. The summed E-state index contributed by atoms with van der Waals surface area (Å²) < 4.78 is 19.1. The van der Waals surface area contributed by atoms with E-state index in [9.17, 15) is 9.50 Å². The van der Waals surface area contributed by atoms with Gasteiger partial charge in [0.1, 0.15) is 0 Å². The predicted molar refractivity (Wildman–Crippen MR) is 60.0 cm³/mol. The number of benzene rings is 1. The molecule has 90 valence electrons. The Bertz CT molecular complexity index is 434. The third-order valence-corrected chi connectivity index (χ3v) is 3.00. The van der Waals surface area contributed by atoms with Crippen molar-refractivity contribution in [3.8, 4) is 11.8 Å². The molecule has 0 spiro atoms. The highest BCUT2D eigenvalue weighted by atomic mass is 19.1. The van der Waals surface area contributed by atoms with Crippen LogP contribution in [0.25, 0.3) is 0 Å².